The van der Waals surface area contributed by atoms with Gasteiger partial charge in [-0.1, -0.05) is 48.2 Å². The number of anilines is 1. The molecule has 4 rings (SSSR count). The lowest BCUT2D eigenvalue weighted by Crippen LogP contribution is -2.33. The molecule has 35 heavy (non-hydrogen) atoms. The van der Waals surface area contributed by atoms with E-state index in [1.165, 1.54) is 17.3 Å². The first-order chi connectivity index (χ1) is 17.0. The van der Waals surface area contributed by atoms with Crippen LogP contribution in [0.15, 0.2) is 76.5 Å². The summed E-state index contributed by atoms with van der Waals surface area (Å²) in [7, 11) is 3.15. The predicted molar refractivity (Wildman–Crippen MR) is 140 cm³/mol. The second-order valence-corrected chi connectivity index (χ2v) is 9.37. The first kappa shape index (κ1) is 24.4. The van der Waals surface area contributed by atoms with Gasteiger partial charge in [0.05, 0.1) is 24.8 Å². The summed E-state index contributed by atoms with van der Waals surface area (Å²) in [5.74, 6) is 0.850. The summed E-state index contributed by atoms with van der Waals surface area (Å²) in [5.41, 5.74) is 3.22. The van der Waals surface area contributed by atoms with Crippen LogP contribution in [0.2, 0.25) is 0 Å². The summed E-state index contributed by atoms with van der Waals surface area (Å²) in [5, 5.41) is 5.97. The molecule has 1 heterocycles. The molecule has 6 nitrogen and oxygen atoms in total. The normalized spacial score (nSPS) is 14.6. The van der Waals surface area contributed by atoms with Crippen LogP contribution in [-0.4, -0.2) is 32.1 Å². The van der Waals surface area contributed by atoms with Crippen LogP contribution in [0, 0.1) is 0 Å². The molecule has 0 saturated heterocycles. The van der Waals surface area contributed by atoms with Crippen molar-refractivity contribution in [3.63, 3.8) is 0 Å². The van der Waals surface area contributed by atoms with Crippen molar-refractivity contribution in [1.82, 2.24) is 5.32 Å². The summed E-state index contributed by atoms with van der Waals surface area (Å²) in [4.78, 5) is 27.0. The van der Waals surface area contributed by atoms with Crippen molar-refractivity contribution in [2.45, 2.75) is 30.7 Å². The Kier molecular flexibility index (Phi) is 7.77. The largest absolute Gasteiger partial charge is 0.493 e. The Morgan fingerprint density at radius 3 is 2.54 bits per heavy atom. The number of ether oxygens (including phenoxy) is 2. The quantitative estimate of drug-likeness (QED) is 0.407. The van der Waals surface area contributed by atoms with Gasteiger partial charge in [0, 0.05) is 16.5 Å². The topological polar surface area (TPSA) is 76.7 Å². The SMILES string of the molecule is COc1ccc(/C=C2/Sc3ccc(C(=O)N[C@H](C)CCc4ccccc4)cc3NC2=O)cc1OC. The number of aryl methyl sites for hydroxylation is 1. The number of rotatable bonds is 8. The number of benzene rings is 3. The molecule has 0 spiro atoms. The van der Waals surface area contributed by atoms with Crippen LogP contribution in [0.25, 0.3) is 6.08 Å². The minimum Gasteiger partial charge on any atom is -0.493 e. The van der Waals surface area contributed by atoms with E-state index >= 15 is 0 Å². The highest BCUT2D eigenvalue weighted by Crippen LogP contribution is 2.40. The Morgan fingerprint density at radius 2 is 1.80 bits per heavy atom. The molecule has 2 amide bonds. The van der Waals surface area contributed by atoms with Crippen LogP contribution in [0.4, 0.5) is 5.69 Å². The van der Waals surface area contributed by atoms with Crippen LogP contribution >= 0.6 is 11.8 Å². The van der Waals surface area contributed by atoms with Gasteiger partial charge in [0.1, 0.15) is 0 Å². The van der Waals surface area contributed by atoms with Gasteiger partial charge in [-0.2, -0.15) is 0 Å². The third kappa shape index (κ3) is 6.05. The van der Waals surface area contributed by atoms with Gasteiger partial charge in [-0.15, -0.1) is 0 Å². The molecule has 0 radical (unpaired) electrons. The monoisotopic (exact) mass is 488 g/mol. The summed E-state index contributed by atoms with van der Waals surface area (Å²) in [6.07, 6.45) is 3.55. The number of carbonyl (C=O) groups is 2. The molecule has 0 unspecified atom stereocenters. The van der Waals surface area contributed by atoms with E-state index in [1.54, 1.807) is 38.5 Å². The number of hydrogen-bond donors (Lipinski definition) is 2. The minimum absolute atomic E-state index is 0.0266. The first-order valence-corrected chi connectivity index (χ1v) is 12.2. The molecule has 0 saturated carbocycles. The summed E-state index contributed by atoms with van der Waals surface area (Å²) in [6, 6.07) is 21.1. The number of methoxy groups -OCH3 is 2. The van der Waals surface area contributed by atoms with Gasteiger partial charge in [0.15, 0.2) is 11.5 Å². The lowest BCUT2D eigenvalue weighted by atomic mass is 10.1. The molecule has 0 fully saturated rings. The van der Waals surface area contributed by atoms with Gasteiger partial charge < -0.3 is 20.1 Å². The molecular weight excluding hydrogens is 460 g/mol. The molecule has 3 aromatic rings. The Bertz CT molecular complexity index is 1260. The molecule has 1 aliphatic rings. The van der Waals surface area contributed by atoms with Crippen LogP contribution < -0.4 is 20.1 Å². The van der Waals surface area contributed by atoms with Crippen molar-refractivity contribution in [3.8, 4) is 11.5 Å². The van der Waals surface area contributed by atoms with Gasteiger partial charge in [0.2, 0.25) is 0 Å². The zero-order chi connectivity index (χ0) is 24.8. The fourth-order valence-electron chi connectivity index (χ4n) is 3.80. The van der Waals surface area contributed by atoms with Crippen molar-refractivity contribution >= 4 is 35.3 Å². The van der Waals surface area contributed by atoms with Gasteiger partial charge >= 0.3 is 0 Å². The van der Waals surface area contributed by atoms with E-state index in [4.69, 9.17) is 9.47 Å². The minimum atomic E-state index is -0.217. The average Bonchev–Trinajstić information content (AvgIpc) is 2.88. The Labute approximate surface area is 209 Å². The zero-order valence-electron chi connectivity index (χ0n) is 20.0. The fourth-order valence-corrected chi connectivity index (χ4v) is 4.73. The molecule has 3 aromatic carbocycles. The maximum Gasteiger partial charge on any atom is 0.262 e. The second-order valence-electron chi connectivity index (χ2n) is 8.29. The lowest BCUT2D eigenvalue weighted by Gasteiger charge is -2.20. The number of thioether (sulfide) groups is 1. The van der Waals surface area contributed by atoms with Crippen LogP contribution in [0.1, 0.15) is 34.8 Å². The van der Waals surface area contributed by atoms with Crippen molar-refractivity contribution in [2.24, 2.45) is 0 Å². The van der Waals surface area contributed by atoms with E-state index in [-0.39, 0.29) is 17.9 Å². The molecular formula is C28H28N2O4S. The number of fused-ring (bicyclic) bond motifs is 1. The maximum absolute atomic E-state index is 12.8. The molecule has 1 aliphatic heterocycles. The van der Waals surface area contributed by atoms with Crippen molar-refractivity contribution in [2.75, 3.05) is 19.5 Å². The van der Waals surface area contributed by atoms with Crippen LogP contribution in [0.3, 0.4) is 0 Å². The van der Waals surface area contributed by atoms with E-state index in [0.29, 0.717) is 27.7 Å². The Balaban J connectivity index is 1.42. The molecule has 0 aliphatic carbocycles. The van der Waals surface area contributed by atoms with Gasteiger partial charge in [-0.3, -0.25) is 9.59 Å². The predicted octanol–water partition coefficient (Wildman–Crippen LogP) is 5.54. The zero-order valence-corrected chi connectivity index (χ0v) is 20.8. The summed E-state index contributed by atoms with van der Waals surface area (Å²) in [6.45, 7) is 2.00. The Hall–Kier alpha value is -3.71. The van der Waals surface area contributed by atoms with E-state index in [9.17, 15) is 9.59 Å². The highest BCUT2D eigenvalue weighted by molar-refractivity contribution is 8.04. The summed E-state index contributed by atoms with van der Waals surface area (Å²) < 4.78 is 10.6. The lowest BCUT2D eigenvalue weighted by molar-refractivity contribution is -0.112. The van der Waals surface area contributed by atoms with E-state index in [0.717, 1.165) is 23.3 Å². The number of amides is 2. The molecule has 0 bridgehead atoms. The van der Waals surface area contributed by atoms with E-state index in [1.807, 2.05) is 43.3 Å². The van der Waals surface area contributed by atoms with Crippen molar-refractivity contribution < 1.29 is 19.1 Å². The molecule has 0 aromatic heterocycles. The highest BCUT2D eigenvalue weighted by Gasteiger charge is 2.23. The van der Waals surface area contributed by atoms with Crippen LogP contribution in [0.5, 0.6) is 11.5 Å². The van der Waals surface area contributed by atoms with E-state index < -0.39 is 0 Å². The molecule has 2 N–H and O–H groups in total. The maximum atomic E-state index is 12.8. The molecule has 180 valence electrons. The van der Waals surface area contributed by atoms with Gasteiger partial charge in [0.25, 0.3) is 11.8 Å². The first-order valence-electron chi connectivity index (χ1n) is 11.4. The van der Waals surface area contributed by atoms with Crippen molar-refractivity contribution in [3.05, 3.63) is 88.3 Å². The smallest absolute Gasteiger partial charge is 0.262 e. The number of hydrogen-bond acceptors (Lipinski definition) is 5. The standard InChI is InChI=1S/C28H28N2O4S/c1-18(9-10-19-7-5-4-6-8-19)29-27(31)21-12-14-25-22(17-21)30-28(32)26(35-25)16-20-11-13-23(33-2)24(15-20)34-3/h4-8,11-18H,9-10H2,1-3H3,(H,29,31)(H,30,32)/b26-16+/t18-/m1/s1. The summed E-state index contributed by atoms with van der Waals surface area (Å²) >= 11 is 1.37. The highest BCUT2D eigenvalue weighted by atomic mass is 32.2. The Morgan fingerprint density at radius 1 is 1.03 bits per heavy atom. The number of nitrogens with one attached hydrogen (secondary N) is 2. The van der Waals surface area contributed by atoms with Gasteiger partial charge in [-0.05, 0) is 67.3 Å². The second kappa shape index (κ2) is 11.1. The fraction of sp³-hybridized carbons (Fsp3) is 0.214. The average molecular weight is 489 g/mol. The molecule has 1 atom stereocenters. The van der Waals surface area contributed by atoms with Crippen LogP contribution in [-0.2, 0) is 11.2 Å². The van der Waals surface area contributed by atoms with Gasteiger partial charge in [-0.25, -0.2) is 0 Å². The molecule has 7 heteroatoms. The third-order valence-electron chi connectivity index (χ3n) is 5.73. The van der Waals surface area contributed by atoms with Crippen molar-refractivity contribution in [1.29, 1.82) is 0 Å². The van der Waals surface area contributed by atoms with E-state index in [2.05, 4.69) is 22.8 Å². The third-order valence-corrected chi connectivity index (χ3v) is 6.82. The number of carbonyl (C=O) groups excluding carboxylic acids is 2.